The molecule has 21 heavy (non-hydrogen) atoms. The van der Waals surface area contributed by atoms with Crippen LogP contribution >= 0.6 is 0 Å². The van der Waals surface area contributed by atoms with E-state index < -0.39 is 11.4 Å². The number of aromatic nitrogens is 4. The normalized spacial score (nSPS) is 10.2. The molecule has 0 bridgehead atoms. The molecule has 0 amide bonds. The Kier molecular flexibility index (Phi) is 11.6. The molecular weight excluding hydrogens is 360 g/mol. The third kappa shape index (κ3) is 8.74. The number of hydrogen-bond donors (Lipinski definition) is 0. The molecule has 0 aromatic carbocycles. The molecule has 8 nitrogen and oxygen atoms in total. The zero-order valence-corrected chi connectivity index (χ0v) is 14.3. The van der Waals surface area contributed by atoms with E-state index in [0.29, 0.717) is 0 Å². The largest absolute Gasteiger partial charge is 2.00 e. The summed E-state index contributed by atoms with van der Waals surface area (Å²) in [5.74, 6) is 0. The molecule has 0 radical (unpaired) electrons. The molecule has 0 saturated carbocycles. The molecule has 0 atom stereocenters. The van der Waals surface area contributed by atoms with Crippen molar-refractivity contribution in [3.63, 3.8) is 0 Å². The van der Waals surface area contributed by atoms with Gasteiger partial charge >= 0.3 is 0 Å². The van der Waals surface area contributed by atoms with Gasteiger partial charge in [-0.05, 0) is 23.6 Å². The minimum Gasteiger partial charge on any atom is -2.00 e. The fourth-order valence-corrected chi connectivity index (χ4v) is 1.17. The van der Waals surface area contributed by atoms with Crippen molar-refractivity contribution in [1.82, 2.24) is 19.6 Å². The van der Waals surface area contributed by atoms with E-state index in [1.807, 2.05) is 0 Å². The maximum atomic E-state index is 11.1. The molecule has 0 aliphatic heterocycles. The topological polar surface area (TPSA) is 139 Å². The van der Waals surface area contributed by atoms with E-state index in [4.69, 9.17) is 0 Å². The first-order valence-corrected chi connectivity index (χ1v) is 5.62. The quantitative estimate of drug-likeness (QED) is 0.658. The minimum absolute atomic E-state index is 0. The van der Waals surface area contributed by atoms with Crippen LogP contribution in [0.1, 0.15) is 27.7 Å². The first-order chi connectivity index (χ1) is 8.21. The van der Waals surface area contributed by atoms with Gasteiger partial charge in [0.2, 0.25) is 0 Å². The van der Waals surface area contributed by atoms with Crippen molar-refractivity contribution >= 4 is 0 Å². The standard InChI is InChI=1S/2C6H9N2O.Mo.2O/c2*1-6(2,9)8-5-3-4-7-8;;;/h2*3-5H,1-2H3;;;/q2*-1;;2*-2. The summed E-state index contributed by atoms with van der Waals surface area (Å²) >= 11 is 0. The Morgan fingerprint density at radius 1 is 0.762 bits per heavy atom. The summed E-state index contributed by atoms with van der Waals surface area (Å²) in [4.78, 5) is 0. The van der Waals surface area contributed by atoms with Crippen LogP contribution in [0.25, 0.3) is 0 Å². The molecule has 0 N–H and O–H groups in total. The van der Waals surface area contributed by atoms with Crippen molar-refractivity contribution in [3.05, 3.63) is 36.9 Å². The van der Waals surface area contributed by atoms with Crippen LogP contribution in [0.3, 0.4) is 0 Å². The third-order valence-electron chi connectivity index (χ3n) is 2.11. The van der Waals surface area contributed by atoms with Crippen LogP contribution in [-0.4, -0.2) is 19.6 Å². The Bertz CT molecular complexity index is 402. The van der Waals surface area contributed by atoms with Crippen molar-refractivity contribution in [2.75, 3.05) is 0 Å². The number of nitrogens with zero attached hydrogens (tertiary/aromatic N) is 4. The fourth-order valence-electron chi connectivity index (χ4n) is 1.17. The molecule has 0 unspecified atom stereocenters. The molecule has 2 aromatic rings. The predicted molar refractivity (Wildman–Crippen MR) is 64.5 cm³/mol. The van der Waals surface area contributed by atoms with E-state index in [9.17, 15) is 10.2 Å². The summed E-state index contributed by atoms with van der Waals surface area (Å²) in [5.41, 5.74) is -2.24. The van der Waals surface area contributed by atoms with Gasteiger partial charge in [-0.15, -0.1) is 0 Å². The van der Waals surface area contributed by atoms with Crippen molar-refractivity contribution in [2.24, 2.45) is 0 Å². The summed E-state index contributed by atoms with van der Waals surface area (Å²) in [6.07, 6.45) is 6.51. The van der Waals surface area contributed by atoms with Crippen molar-refractivity contribution in [3.8, 4) is 0 Å². The van der Waals surface area contributed by atoms with Gasteiger partial charge in [0.25, 0.3) is 0 Å². The van der Waals surface area contributed by atoms with Crippen molar-refractivity contribution in [2.45, 2.75) is 39.1 Å². The van der Waals surface area contributed by atoms with Crippen LogP contribution in [0.4, 0.5) is 0 Å². The van der Waals surface area contributed by atoms with Crippen LogP contribution in [0.5, 0.6) is 0 Å². The maximum absolute atomic E-state index is 11.1. The molecule has 2 rings (SSSR count). The van der Waals surface area contributed by atoms with Crippen molar-refractivity contribution in [1.29, 1.82) is 0 Å². The second kappa shape index (κ2) is 9.81. The summed E-state index contributed by atoms with van der Waals surface area (Å²) in [5, 5.41) is 29.7. The Morgan fingerprint density at radius 2 is 1.05 bits per heavy atom. The van der Waals surface area contributed by atoms with Crippen LogP contribution in [-0.2, 0) is 43.5 Å². The Morgan fingerprint density at radius 3 is 1.14 bits per heavy atom. The Labute approximate surface area is 138 Å². The second-order valence-corrected chi connectivity index (χ2v) is 4.79. The molecule has 2 aromatic heterocycles. The van der Waals surface area contributed by atoms with Crippen LogP contribution < -0.4 is 10.2 Å². The van der Waals surface area contributed by atoms with Gasteiger partial charge in [0.1, 0.15) is 0 Å². The summed E-state index contributed by atoms with van der Waals surface area (Å²) < 4.78 is 2.76. The number of hydrogen-bond acceptors (Lipinski definition) is 4. The van der Waals surface area contributed by atoms with E-state index in [1.165, 1.54) is 9.36 Å². The molecule has 0 aliphatic rings. The van der Waals surface area contributed by atoms with E-state index >= 15 is 0 Å². The Hall–Kier alpha value is -1.05. The van der Waals surface area contributed by atoms with Gasteiger partial charge in [-0.25, -0.2) is 0 Å². The van der Waals surface area contributed by atoms with Gasteiger partial charge in [0.05, 0.1) is 0 Å². The molecular formula is C12H18MoN4O4-6. The summed E-state index contributed by atoms with van der Waals surface area (Å²) in [6, 6.07) is 3.47. The average Bonchev–Trinajstić information content (AvgIpc) is 2.91. The van der Waals surface area contributed by atoms with Crippen LogP contribution in [0, 0.1) is 0 Å². The first-order valence-electron chi connectivity index (χ1n) is 5.62. The maximum Gasteiger partial charge on any atom is 0.0489 e. The third-order valence-corrected chi connectivity index (χ3v) is 2.11. The molecule has 9 heteroatoms. The van der Waals surface area contributed by atoms with Gasteiger partial charge in [-0.2, -0.15) is 10.2 Å². The molecule has 0 fully saturated rings. The molecule has 2 heterocycles. The van der Waals surface area contributed by atoms with Gasteiger partial charge < -0.3 is 21.2 Å². The first kappa shape index (κ1) is 24.9. The Balaban J connectivity index is -0.000000270. The van der Waals surface area contributed by atoms with Gasteiger partial charge in [-0.1, -0.05) is 27.7 Å². The molecule has 0 aliphatic carbocycles. The van der Waals surface area contributed by atoms with E-state index in [-0.39, 0.29) is 32.0 Å². The van der Waals surface area contributed by atoms with E-state index in [1.54, 1.807) is 64.6 Å². The fraction of sp³-hybridized carbons (Fsp3) is 0.500. The van der Waals surface area contributed by atoms with Crippen LogP contribution in [0.15, 0.2) is 36.9 Å². The number of rotatable bonds is 2. The van der Waals surface area contributed by atoms with Gasteiger partial charge in [0.15, 0.2) is 0 Å². The monoisotopic (exact) mass is 380 g/mol. The zero-order valence-electron chi connectivity index (χ0n) is 12.3. The average molecular weight is 378 g/mol. The minimum atomic E-state index is -1.12. The molecule has 0 saturated heterocycles. The SMILES string of the molecule is CC(C)([O-])n1cccn1.CC(C)([O-])n1cccn1.[Mo].[O-2].[O-2]. The van der Waals surface area contributed by atoms with Gasteiger partial charge in [0, 0.05) is 45.9 Å². The summed E-state index contributed by atoms with van der Waals surface area (Å²) in [7, 11) is 0. The zero-order chi connectivity index (χ0) is 13.8. The predicted octanol–water partition coefficient (Wildman–Crippen LogP) is -0.368. The summed E-state index contributed by atoms with van der Waals surface area (Å²) in [6.45, 7) is 6.28. The van der Waals surface area contributed by atoms with Gasteiger partial charge in [-0.3, -0.25) is 9.36 Å². The molecule has 122 valence electrons. The van der Waals surface area contributed by atoms with Crippen molar-refractivity contribution < 1.29 is 42.2 Å². The molecule has 0 spiro atoms. The second-order valence-electron chi connectivity index (χ2n) is 4.79. The van der Waals surface area contributed by atoms with E-state index in [0.717, 1.165) is 0 Å². The van der Waals surface area contributed by atoms with E-state index in [2.05, 4.69) is 10.2 Å². The smallest absolute Gasteiger partial charge is 0.0489 e. The van der Waals surface area contributed by atoms with Crippen LogP contribution in [0.2, 0.25) is 0 Å².